The number of benzene rings is 1. The maximum atomic E-state index is 13.4. The van der Waals surface area contributed by atoms with Crippen LogP contribution >= 0.6 is 0 Å². The van der Waals surface area contributed by atoms with Crippen LogP contribution in [-0.2, 0) is 11.0 Å². The average Bonchev–Trinajstić information content (AvgIpc) is 3.40. The first-order valence-corrected chi connectivity index (χ1v) is 12.8. The zero-order valence-electron chi connectivity index (χ0n) is 22.0. The Hall–Kier alpha value is -3.56. The van der Waals surface area contributed by atoms with E-state index in [1.54, 1.807) is 34.0 Å². The summed E-state index contributed by atoms with van der Waals surface area (Å²) in [5, 5.41) is 10.2. The number of hydrogen-bond acceptors (Lipinski definition) is 3. The number of fused-ring (bicyclic) bond motifs is 1. The number of nitrogens with zero attached hydrogens (tertiary/aromatic N) is 3. The fourth-order valence-corrected chi connectivity index (χ4v) is 4.99. The first kappa shape index (κ1) is 27.5. The predicted molar refractivity (Wildman–Crippen MR) is 139 cm³/mol. The van der Waals surface area contributed by atoms with Gasteiger partial charge in [0.2, 0.25) is 5.91 Å². The number of halogens is 3. The first-order chi connectivity index (χ1) is 17.8. The van der Waals surface area contributed by atoms with Crippen molar-refractivity contribution in [2.24, 2.45) is 11.8 Å². The molecule has 204 valence electrons. The van der Waals surface area contributed by atoms with E-state index in [1.165, 1.54) is 6.07 Å². The van der Waals surface area contributed by atoms with E-state index in [0.717, 1.165) is 17.7 Å². The van der Waals surface area contributed by atoms with Gasteiger partial charge in [-0.1, -0.05) is 29.9 Å². The lowest BCUT2D eigenvalue weighted by atomic mass is 9.73. The van der Waals surface area contributed by atoms with E-state index >= 15 is 0 Å². The van der Waals surface area contributed by atoms with Crippen molar-refractivity contribution in [1.29, 1.82) is 0 Å². The molecule has 4 rings (SSSR count). The fraction of sp³-hybridized carbons (Fsp3) is 0.464. The molecule has 1 fully saturated rings. The minimum Gasteiger partial charge on any atom is -0.353 e. The molecule has 2 N–H and O–H groups in total. The van der Waals surface area contributed by atoms with Crippen LogP contribution in [0.1, 0.15) is 51.3 Å². The normalized spacial score (nSPS) is 20.7. The highest BCUT2D eigenvalue weighted by Gasteiger charge is 2.39. The van der Waals surface area contributed by atoms with Crippen LogP contribution in [0.25, 0.3) is 5.57 Å². The van der Waals surface area contributed by atoms with Crippen LogP contribution in [0.5, 0.6) is 0 Å². The van der Waals surface area contributed by atoms with E-state index in [9.17, 15) is 22.8 Å². The minimum absolute atomic E-state index is 0.0578. The zero-order chi connectivity index (χ0) is 27.7. The molecule has 2 heterocycles. The second-order valence-electron chi connectivity index (χ2n) is 11.0. The van der Waals surface area contributed by atoms with Crippen LogP contribution in [0.2, 0.25) is 0 Å². The lowest BCUT2D eigenvalue weighted by molar-refractivity contribution is -0.137. The maximum Gasteiger partial charge on any atom is 0.416 e. The number of aromatic nitrogens is 2. The number of hydrogen-bond donors (Lipinski definition) is 2. The summed E-state index contributed by atoms with van der Waals surface area (Å²) < 4.78 is 42.0. The Balaban J connectivity index is 1.61. The van der Waals surface area contributed by atoms with Gasteiger partial charge in [0.1, 0.15) is 0 Å². The van der Waals surface area contributed by atoms with Crippen LogP contribution in [0, 0.1) is 11.8 Å². The van der Waals surface area contributed by atoms with Crippen LogP contribution < -0.4 is 10.6 Å². The van der Waals surface area contributed by atoms with Crippen LogP contribution in [0.15, 0.2) is 60.5 Å². The molecular formula is C28H34F3N5O2. The number of alkyl halides is 3. The third-order valence-electron chi connectivity index (χ3n) is 6.89. The molecule has 3 unspecified atom stereocenters. The molecule has 1 aliphatic carbocycles. The Bertz CT molecular complexity index is 1230. The highest BCUT2D eigenvalue weighted by Crippen LogP contribution is 2.41. The number of carbonyl (C=O) groups excluding carboxylic acids is 2. The molecular weight excluding hydrogens is 495 g/mol. The van der Waals surface area contributed by atoms with Gasteiger partial charge >= 0.3 is 12.2 Å². The van der Waals surface area contributed by atoms with Gasteiger partial charge in [0.05, 0.1) is 17.5 Å². The van der Waals surface area contributed by atoms with Crippen molar-refractivity contribution in [3.05, 3.63) is 71.6 Å². The summed E-state index contributed by atoms with van der Waals surface area (Å²) in [7, 11) is 0. The number of piperidine rings is 1. The quantitative estimate of drug-likeness (QED) is 0.569. The zero-order valence-corrected chi connectivity index (χ0v) is 22.0. The molecule has 1 aromatic carbocycles. The van der Waals surface area contributed by atoms with Gasteiger partial charge in [0.25, 0.3) is 0 Å². The molecule has 0 radical (unpaired) electrons. The predicted octanol–water partition coefficient (Wildman–Crippen LogP) is 5.05. The van der Waals surface area contributed by atoms with Crippen molar-refractivity contribution in [2.75, 3.05) is 19.6 Å². The number of likely N-dealkylation sites (tertiary alicyclic amines) is 1. The van der Waals surface area contributed by atoms with Gasteiger partial charge in [-0.05, 0) is 63.5 Å². The summed E-state index contributed by atoms with van der Waals surface area (Å²) in [6, 6.07) is 6.79. The van der Waals surface area contributed by atoms with E-state index < -0.39 is 23.2 Å². The lowest BCUT2D eigenvalue weighted by Crippen LogP contribution is -2.53. The lowest BCUT2D eigenvalue weighted by Gasteiger charge is -2.41. The highest BCUT2D eigenvalue weighted by atomic mass is 19.4. The van der Waals surface area contributed by atoms with E-state index in [-0.39, 0.29) is 30.4 Å². The van der Waals surface area contributed by atoms with Crippen molar-refractivity contribution in [3.8, 4) is 0 Å². The summed E-state index contributed by atoms with van der Waals surface area (Å²) in [5.41, 5.74) is 0.887. The molecule has 3 amide bonds. The number of carbonyl (C=O) groups is 2. The minimum atomic E-state index is -4.46. The molecule has 2 aromatic rings. The summed E-state index contributed by atoms with van der Waals surface area (Å²) in [5.74, 6) is -1.11. The third-order valence-corrected chi connectivity index (χ3v) is 6.89. The molecule has 1 aliphatic heterocycles. The number of nitrogens with one attached hydrogen (secondary N) is 2. The average molecular weight is 530 g/mol. The third kappa shape index (κ3) is 6.28. The van der Waals surface area contributed by atoms with Crippen molar-refractivity contribution in [1.82, 2.24) is 25.3 Å². The molecule has 0 bridgehead atoms. The summed E-state index contributed by atoms with van der Waals surface area (Å²) in [6.45, 7) is 8.70. The maximum absolute atomic E-state index is 13.4. The number of allylic oxidation sites excluding steroid dienone is 2. The Kier molecular flexibility index (Phi) is 7.71. The molecule has 0 spiro atoms. The second-order valence-corrected chi connectivity index (χ2v) is 11.0. The standard InChI is InChI=1S/C28H34F3N5O2/c1-18(36-13-6-12-33-36)16-32-25(37)23-10-9-21(19-7-5-8-20(15-19)28(29,30)31)22-11-14-35(17-24(22)23)26(38)34-27(2,3)4/h5-10,12-13,15,18,23-24H,11,14,16-17H2,1-4H3,(H,32,37)(H,34,38). The Labute approximate surface area is 220 Å². The highest BCUT2D eigenvalue weighted by molar-refractivity contribution is 5.87. The fourth-order valence-electron chi connectivity index (χ4n) is 4.99. The molecule has 38 heavy (non-hydrogen) atoms. The van der Waals surface area contributed by atoms with Crippen LogP contribution in [0.4, 0.5) is 18.0 Å². The Morgan fingerprint density at radius 2 is 1.95 bits per heavy atom. The van der Waals surface area contributed by atoms with Gasteiger partial charge in [-0.25, -0.2) is 4.79 Å². The van der Waals surface area contributed by atoms with E-state index in [2.05, 4.69) is 15.7 Å². The monoisotopic (exact) mass is 529 g/mol. The Morgan fingerprint density at radius 1 is 1.18 bits per heavy atom. The second kappa shape index (κ2) is 10.7. The molecule has 3 atom stereocenters. The number of amides is 3. The van der Waals surface area contributed by atoms with E-state index in [4.69, 9.17) is 0 Å². The number of rotatable bonds is 5. The summed E-state index contributed by atoms with van der Waals surface area (Å²) >= 11 is 0. The summed E-state index contributed by atoms with van der Waals surface area (Å²) in [6.07, 6.45) is 3.02. The van der Waals surface area contributed by atoms with Gasteiger partial charge in [0, 0.05) is 43.5 Å². The van der Waals surface area contributed by atoms with Crippen molar-refractivity contribution in [2.45, 2.75) is 51.9 Å². The molecule has 10 heteroatoms. The Morgan fingerprint density at radius 3 is 2.61 bits per heavy atom. The first-order valence-electron chi connectivity index (χ1n) is 12.8. The molecule has 7 nitrogen and oxygen atoms in total. The molecule has 0 saturated carbocycles. The van der Waals surface area contributed by atoms with Crippen molar-refractivity contribution < 1.29 is 22.8 Å². The number of urea groups is 1. The van der Waals surface area contributed by atoms with Gasteiger partial charge in [-0.2, -0.15) is 18.3 Å². The van der Waals surface area contributed by atoms with Crippen LogP contribution in [-0.4, -0.2) is 51.8 Å². The van der Waals surface area contributed by atoms with Gasteiger partial charge < -0.3 is 15.5 Å². The molecule has 1 aromatic heterocycles. The largest absolute Gasteiger partial charge is 0.416 e. The molecule has 2 aliphatic rings. The van der Waals surface area contributed by atoms with E-state index in [0.29, 0.717) is 30.6 Å². The SMILES string of the molecule is CC(CNC(=O)C1C=CC(c2cccc(C(F)(F)F)c2)=C2CCN(C(=O)NC(C)(C)C)CC21)n1cccn1. The van der Waals surface area contributed by atoms with Gasteiger partial charge in [0.15, 0.2) is 0 Å². The van der Waals surface area contributed by atoms with Crippen LogP contribution in [0.3, 0.4) is 0 Å². The smallest absolute Gasteiger partial charge is 0.353 e. The topological polar surface area (TPSA) is 79.3 Å². The van der Waals surface area contributed by atoms with Crippen molar-refractivity contribution in [3.63, 3.8) is 0 Å². The van der Waals surface area contributed by atoms with Gasteiger partial charge in [-0.3, -0.25) is 9.48 Å². The van der Waals surface area contributed by atoms with Gasteiger partial charge in [-0.15, -0.1) is 0 Å². The summed E-state index contributed by atoms with van der Waals surface area (Å²) in [4.78, 5) is 28.0. The molecule has 1 saturated heterocycles. The van der Waals surface area contributed by atoms with E-state index in [1.807, 2.05) is 40.0 Å². The van der Waals surface area contributed by atoms with Crippen molar-refractivity contribution >= 4 is 17.5 Å².